The van der Waals surface area contributed by atoms with Crippen LogP contribution < -0.4 is 25.1 Å². The first-order valence-corrected chi connectivity index (χ1v) is 11.7. The average Bonchev–Trinajstić information content (AvgIpc) is 2.94. The zero-order valence-corrected chi connectivity index (χ0v) is 21.1. The summed E-state index contributed by atoms with van der Waals surface area (Å²) in [5.41, 5.74) is 1.21. The van der Waals surface area contributed by atoms with Gasteiger partial charge in [0.25, 0.3) is 5.56 Å². The molecule has 5 aromatic rings. The van der Waals surface area contributed by atoms with Crippen LogP contribution in [0.1, 0.15) is 16.1 Å². The van der Waals surface area contributed by atoms with E-state index in [0.717, 1.165) is 10.7 Å². The summed E-state index contributed by atoms with van der Waals surface area (Å²) in [6, 6.07) is 17.3. The lowest BCUT2D eigenvalue weighted by Crippen LogP contribution is -2.26. The molecule has 0 saturated carbocycles. The van der Waals surface area contributed by atoms with Crippen LogP contribution in [0.15, 0.2) is 77.9 Å². The molecule has 0 fully saturated rings. The number of hydrogen-bond donors (Lipinski definition) is 1. The molecule has 0 aliphatic carbocycles. The number of fused-ring (bicyclic) bond motifs is 1. The first kappa shape index (κ1) is 25.3. The monoisotopic (exact) mass is 527 g/mol. The molecule has 3 aromatic carbocycles. The number of aryl methyl sites for hydroxylation is 1. The van der Waals surface area contributed by atoms with Gasteiger partial charge in [-0.25, -0.2) is 19.2 Å². The van der Waals surface area contributed by atoms with Gasteiger partial charge in [0.05, 0.1) is 25.4 Å². The number of methoxy groups -OCH3 is 2. The number of carbonyl (C=O) groups excluding carboxylic acids is 1. The molecule has 0 bridgehead atoms. The molecule has 10 nitrogen and oxygen atoms in total. The van der Waals surface area contributed by atoms with Gasteiger partial charge in [0.15, 0.2) is 28.8 Å². The van der Waals surface area contributed by atoms with Crippen molar-refractivity contribution in [2.24, 2.45) is 0 Å². The Morgan fingerprint density at radius 1 is 0.923 bits per heavy atom. The molecule has 2 aromatic heterocycles. The lowest BCUT2D eigenvalue weighted by Gasteiger charge is -2.13. The van der Waals surface area contributed by atoms with Gasteiger partial charge in [-0.1, -0.05) is 18.2 Å². The molecule has 0 unspecified atom stereocenters. The van der Waals surface area contributed by atoms with Crippen LogP contribution in [0, 0.1) is 12.7 Å². The van der Waals surface area contributed by atoms with Gasteiger partial charge in [-0.3, -0.25) is 4.79 Å². The van der Waals surface area contributed by atoms with Crippen molar-refractivity contribution in [3.63, 3.8) is 0 Å². The van der Waals surface area contributed by atoms with E-state index >= 15 is 0 Å². The summed E-state index contributed by atoms with van der Waals surface area (Å²) in [5, 5.41) is 7.90. The van der Waals surface area contributed by atoms with E-state index in [1.54, 1.807) is 49.4 Å². The van der Waals surface area contributed by atoms with Gasteiger partial charge in [-0.15, -0.1) is 0 Å². The fraction of sp³-hybridized carbons (Fsp3) is 0.107. The minimum Gasteiger partial charge on any atom is -0.493 e. The molecule has 11 heteroatoms. The second-order valence-corrected chi connectivity index (χ2v) is 8.37. The number of esters is 1. The number of halogens is 1. The first-order chi connectivity index (χ1) is 18.9. The van der Waals surface area contributed by atoms with Crippen molar-refractivity contribution in [1.82, 2.24) is 19.7 Å². The summed E-state index contributed by atoms with van der Waals surface area (Å²) in [5.74, 6) is -0.609. The second kappa shape index (κ2) is 10.6. The van der Waals surface area contributed by atoms with Crippen LogP contribution in [-0.4, -0.2) is 39.9 Å². The van der Waals surface area contributed by atoms with E-state index in [1.807, 2.05) is 0 Å². The highest BCUT2D eigenvalue weighted by Crippen LogP contribution is 2.35. The number of para-hydroxylation sites is 1. The normalized spacial score (nSPS) is 10.8. The van der Waals surface area contributed by atoms with Gasteiger partial charge in [0.1, 0.15) is 12.1 Å². The Hall–Kier alpha value is -5.32. The van der Waals surface area contributed by atoms with Gasteiger partial charge < -0.3 is 19.5 Å². The van der Waals surface area contributed by atoms with Gasteiger partial charge in [-0.2, -0.15) is 9.78 Å². The van der Waals surface area contributed by atoms with Crippen LogP contribution in [0.25, 0.3) is 16.6 Å². The van der Waals surface area contributed by atoms with Crippen LogP contribution in [0.2, 0.25) is 0 Å². The smallest absolute Gasteiger partial charge is 0.364 e. The van der Waals surface area contributed by atoms with Gasteiger partial charge in [0, 0.05) is 29.3 Å². The van der Waals surface area contributed by atoms with Crippen LogP contribution in [0.4, 0.5) is 15.9 Å². The lowest BCUT2D eigenvalue weighted by molar-refractivity contribution is 0.0718. The van der Waals surface area contributed by atoms with E-state index in [1.165, 1.54) is 38.7 Å². The van der Waals surface area contributed by atoms with E-state index in [2.05, 4.69) is 20.4 Å². The Labute approximate surface area is 221 Å². The Bertz CT molecular complexity index is 1760. The van der Waals surface area contributed by atoms with E-state index in [9.17, 15) is 14.0 Å². The Morgan fingerprint density at radius 3 is 2.41 bits per heavy atom. The van der Waals surface area contributed by atoms with E-state index < -0.39 is 17.3 Å². The van der Waals surface area contributed by atoms with Crippen molar-refractivity contribution in [2.75, 3.05) is 19.5 Å². The van der Waals surface area contributed by atoms with E-state index in [-0.39, 0.29) is 11.4 Å². The molecule has 2 heterocycles. The minimum atomic E-state index is -0.919. The summed E-state index contributed by atoms with van der Waals surface area (Å²) >= 11 is 0. The number of aromatic nitrogens is 4. The highest BCUT2D eigenvalue weighted by Gasteiger charge is 2.19. The largest absolute Gasteiger partial charge is 0.493 e. The number of benzene rings is 3. The number of anilines is 2. The summed E-state index contributed by atoms with van der Waals surface area (Å²) in [4.78, 5) is 34.1. The number of nitrogens with zero attached hydrogens (tertiary/aromatic N) is 4. The van der Waals surface area contributed by atoms with Crippen LogP contribution in [0.3, 0.4) is 0 Å². The minimum absolute atomic E-state index is 0.126. The third kappa shape index (κ3) is 5.10. The van der Waals surface area contributed by atoms with Crippen molar-refractivity contribution >= 4 is 28.4 Å². The molecule has 196 valence electrons. The molecule has 0 amide bonds. The molecule has 0 atom stereocenters. The molecule has 0 aliphatic rings. The number of ether oxygens (including phenoxy) is 3. The zero-order chi connectivity index (χ0) is 27.5. The molecule has 0 saturated heterocycles. The molecule has 0 radical (unpaired) electrons. The van der Waals surface area contributed by atoms with Crippen LogP contribution in [0.5, 0.6) is 17.2 Å². The number of rotatable bonds is 7. The average molecular weight is 528 g/mol. The highest BCUT2D eigenvalue weighted by molar-refractivity contribution is 5.93. The zero-order valence-electron chi connectivity index (χ0n) is 21.1. The molecule has 39 heavy (non-hydrogen) atoms. The maximum Gasteiger partial charge on any atom is 0.364 e. The molecule has 1 N–H and O–H groups in total. The third-order valence-corrected chi connectivity index (χ3v) is 5.85. The fourth-order valence-corrected chi connectivity index (χ4v) is 3.93. The molecular weight excluding hydrogens is 505 g/mol. The first-order valence-electron chi connectivity index (χ1n) is 11.7. The summed E-state index contributed by atoms with van der Waals surface area (Å²) < 4.78 is 31.9. The van der Waals surface area contributed by atoms with Crippen LogP contribution >= 0.6 is 0 Å². The second-order valence-electron chi connectivity index (χ2n) is 8.37. The predicted molar refractivity (Wildman–Crippen MR) is 142 cm³/mol. The topological polar surface area (TPSA) is 117 Å². The fourth-order valence-electron chi connectivity index (χ4n) is 3.93. The lowest BCUT2D eigenvalue weighted by atomic mass is 10.2. The summed E-state index contributed by atoms with van der Waals surface area (Å²) in [6.07, 6.45) is 1.37. The quantitative estimate of drug-likeness (QED) is 0.239. The van der Waals surface area contributed by atoms with Crippen molar-refractivity contribution in [3.8, 4) is 22.9 Å². The van der Waals surface area contributed by atoms with Crippen molar-refractivity contribution in [3.05, 3.63) is 100 Å². The van der Waals surface area contributed by atoms with Gasteiger partial charge in [0.2, 0.25) is 0 Å². The van der Waals surface area contributed by atoms with Gasteiger partial charge in [-0.05, 0) is 42.8 Å². The van der Waals surface area contributed by atoms with Crippen molar-refractivity contribution < 1.29 is 23.4 Å². The maximum absolute atomic E-state index is 14.7. The number of hydrogen-bond acceptors (Lipinski definition) is 9. The molecule has 0 aliphatic heterocycles. The molecule has 0 spiro atoms. The third-order valence-electron chi connectivity index (χ3n) is 5.85. The maximum atomic E-state index is 14.7. The SMILES string of the molecule is COc1cc2ncnc(Nc3ccc(F)c(OC(=O)c4nn(-c5ccccc5)c(=O)cc4C)c3)c2cc1OC. The van der Waals surface area contributed by atoms with Crippen molar-refractivity contribution in [1.29, 1.82) is 0 Å². The van der Waals surface area contributed by atoms with E-state index in [0.29, 0.717) is 45.2 Å². The highest BCUT2D eigenvalue weighted by atomic mass is 19.1. The number of nitrogens with one attached hydrogen (secondary N) is 1. The van der Waals surface area contributed by atoms with E-state index in [4.69, 9.17) is 14.2 Å². The standard InChI is InChI=1S/C28H22FN5O5/c1-16-11-25(35)34(18-7-5-4-6-8-18)33-26(16)28(36)39-22-12-17(9-10-20(22)29)32-27-19-13-23(37-2)24(38-3)14-21(19)30-15-31-27/h4-15H,1-3H3,(H,30,31,32). The number of carbonyl (C=O) groups is 1. The Balaban J connectivity index is 1.45. The van der Waals surface area contributed by atoms with Gasteiger partial charge >= 0.3 is 5.97 Å². The predicted octanol–water partition coefficient (Wildman–Crippen LogP) is 4.60. The molecular formula is C28H22FN5O5. The van der Waals surface area contributed by atoms with Crippen molar-refractivity contribution in [2.45, 2.75) is 6.92 Å². The summed E-state index contributed by atoms with van der Waals surface area (Å²) in [7, 11) is 3.04. The molecule has 5 rings (SSSR count). The Kier molecular flexibility index (Phi) is 6.87. The van der Waals surface area contributed by atoms with Crippen LogP contribution in [-0.2, 0) is 0 Å². The Morgan fingerprint density at radius 2 is 1.67 bits per heavy atom. The summed E-state index contributed by atoms with van der Waals surface area (Å²) in [6.45, 7) is 1.55.